The summed E-state index contributed by atoms with van der Waals surface area (Å²) in [4.78, 5) is 2.73. The number of hydrogen-bond acceptors (Lipinski definition) is 4. The molecule has 0 amide bonds. The van der Waals surface area contributed by atoms with E-state index in [4.69, 9.17) is 9.84 Å². The summed E-state index contributed by atoms with van der Waals surface area (Å²) in [6.07, 6.45) is 5.06. The fourth-order valence-corrected chi connectivity index (χ4v) is 5.53. The standard InChI is InChI=1S/C21H29N3O2/c25-12-8-22-9-13-26-19-14-15-4-3-10-23-11-7-17-16-5-1-2-6-18(16)24(19)21(17)20(15)23/h1-2,5-6,15,19-20,22,25H,3-4,7-14H2/t15-,19+,20+/m0/s1. The predicted molar refractivity (Wildman–Crippen MR) is 102 cm³/mol. The molecular weight excluding hydrogens is 326 g/mol. The van der Waals surface area contributed by atoms with Gasteiger partial charge in [-0.15, -0.1) is 0 Å². The van der Waals surface area contributed by atoms with E-state index in [2.05, 4.69) is 39.0 Å². The van der Waals surface area contributed by atoms with Gasteiger partial charge in [-0.2, -0.15) is 0 Å². The molecule has 3 atom stereocenters. The van der Waals surface area contributed by atoms with Gasteiger partial charge in [0.25, 0.3) is 0 Å². The summed E-state index contributed by atoms with van der Waals surface area (Å²) in [5, 5.41) is 13.6. The first-order valence-corrected chi connectivity index (χ1v) is 10.2. The SMILES string of the molecule is OCCNCCO[C@@H]1C[C@@H]2CCCN3CCc4c(n1c1ccccc41)[C@@H]23. The summed E-state index contributed by atoms with van der Waals surface area (Å²) in [7, 11) is 0. The van der Waals surface area contributed by atoms with Gasteiger partial charge < -0.3 is 19.7 Å². The van der Waals surface area contributed by atoms with E-state index in [1.165, 1.54) is 36.8 Å². The third-order valence-electron chi connectivity index (χ3n) is 6.52. The van der Waals surface area contributed by atoms with Gasteiger partial charge in [0.05, 0.1) is 24.8 Å². The van der Waals surface area contributed by atoms with Crippen molar-refractivity contribution in [3.8, 4) is 0 Å². The first kappa shape index (κ1) is 16.8. The molecule has 0 saturated carbocycles. The maximum absolute atomic E-state index is 8.91. The third kappa shape index (κ3) is 2.61. The van der Waals surface area contributed by atoms with Crippen LogP contribution in [0.3, 0.4) is 0 Å². The number of piperidine rings is 1. The van der Waals surface area contributed by atoms with Crippen LogP contribution >= 0.6 is 0 Å². The second-order valence-electron chi connectivity index (χ2n) is 7.92. The van der Waals surface area contributed by atoms with Crippen LogP contribution in [0.2, 0.25) is 0 Å². The fraction of sp³-hybridized carbons (Fsp3) is 0.619. The molecule has 5 nitrogen and oxygen atoms in total. The van der Waals surface area contributed by atoms with Crippen molar-refractivity contribution in [2.75, 3.05) is 39.4 Å². The molecule has 3 aliphatic heterocycles. The Morgan fingerprint density at radius 2 is 2.12 bits per heavy atom. The normalized spacial score (nSPS) is 27.7. The van der Waals surface area contributed by atoms with Gasteiger partial charge in [-0.3, -0.25) is 4.90 Å². The third-order valence-corrected chi connectivity index (χ3v) is 6.52. The second-order valence-corrected chi connectivity index (χ2v) is 7.92. The van der Waals surface area contributed by atoms with Gasteiger partial charge in [-0.1, -0.05) is 18.2 Å². The summed E-state index contributed by atoms with van der Waals surface area (Å²) in [6.45, 7) is 4.75. The molecule has 1 saturated heterocycles. The van der Waals surface area contributed by atoms with Crippen LogP contribution in [0.15, 0.2) is 24.3 Å². The number of aliphatic hydroxyl groups is 1. The number of para-hydroxylation sites is 1. The highest BCUT2D eigenvalue weighted by molar-refractivity contribution is 5.86. The number of nitrogens with zero attached hydrogens (tertiary/aromatic N) is 2. The molecule has 4 heterocycles. The molecule has 1 fully saturated rings. The first-order chi connectivity index (χ1) is 12.9. The lowest BCUT2D eigenvalue weighted by molar-refractivity contribution is -0.0580. The van der Waals surface area contributed by atoms with E-state index >= 15 is 0 Å². The highest BCUT2D eigenvalue weighted by atomic mass is 16.5. The fourth-order valence-electron chi connectivity index (χ4n) is 5.53. The summed E-state index contributed by atoms with van der Waals surface area (Å²) >= 11 is 0. The molecule has 0 aliphatic carbocycles. The topological polar surface area (TPSA) is 49.7 Å². The van der Waals surface area contributed by atoms with Crippen molar-refractivity contribution in [1.29, 1.82) is 0 Å². The maximum Gasteiger partial charge on any atom is 0.134 e. The van der Waals surface area contributed by atoms with Crippen molar-refractivity contribution in [2.45, 2.75) is 38.0 Å². The Kier molecular flexibility index (Phi) is 4.49. The maximum atomic E-state index is 8.91. The molecule has 2 N–H and O–H groups in total. The van der Waals surface area contributed by atoms with E-state index < -0.39 is 0 Å². The van der Waals surface area contributed by atoms with Crippen molar-refractivity contribution < 1.29 is 9.84 Å². The summed E-state index contributed by atoms with van der Waals surface area (Å²) in [5.41, 5.74) is 4.46. The molecule has 0 spiro atoms. The zero-order valence-corrected chi connectivity index (χ0v) is 15.4. The Bertz CT molecular complexity index is 787. The van der Waals surface area contributed by atoms with Gasteiger partial charge in [0.1, 0.15) is 6.23 Å². The van der Waals surface area contributed by atoms with Gasteiger partial charge in [0.15, 0.2) is 0 Å². The van der Waals surface area contributed by atoms with E-state index in [-0.39, 0.29) is 12.8 Å². The zero-order chi connectivity index (χ0) is 17.5. The van der Waals surface area contributed by atoms with E-state index in [0.29, 0.717) is 19.2 Å². The molecule has 5 rings (SSSR count). The predicted octanol–water partition coefficient (Wildman–Crippen LogP) is 2.45. The van der Waals surface area contributed by atoms with Crippen LogP contribution in [0, 0.1) is 5.92 Å². The number of nitrogens with one attached hydrogen (secondary N) is 1. The van der Waals surface area contributed by atoms with Crippen LogP contribution in [-0.4, -0.2) is 54.0 Å². The van der Waals surface area contributed by atoms with Crippen molar-refractivity contribution in [1.82, 2.24) is 14.8 Å². The first-order valence-electron chi connectivity index (χ1n) is 10.2. The number of benzene rings is 1. The minimum atomic E-state index is 0.138. The van der Waals surface area contributed by atoms with Gasteiger partial charge in [-0.05, 0) is 49.8 Å². The number of aliphatic hydroxyl groups excluding tert-OH is 1. The zero-order valence-electron chi connectivity index (χ0n) is 15.4. The van der Waals surface area contributed by atoms with Crippen LogP contribution in [0.25, 0.3) is 10.9 Å². The minimum absolute atomic E-state index is 0.138. The molecule has 140 valence electrons. The number of rotatable bonds is 6. The molecule has 0 unspecified atom stereocenters. The van der Waals surface area contributed by atoms with E-state index in [0.717, 1.165) is 25.3 Å². The molecule has 1 aromatic heterocycles. The van der Waals surface area contributed by atoms with Crippen LogP contribution < -0.4 is 5.32 Å². The number of fused-ring (bicyclic) bond motifs is 3. The van der Waals surface area contributed by atoms with Gasteiger partial charge in [0.2, 0.25) is 0 Å². The second kappa shape index (κ2) is 6.97. The average molecular weight is 355 g/mol. The van der Waals surface area contributed by atoms with Crippen LogP contribution in [0.4, 0.5) is 0 Å². The molecule has 2 aromatic rings. The van der Waals surface area contributed by atoms with Gasteiger partial charge in [-0.25, -0.2) is 0 Å². The summed E-state index contributed by atoms with van der Waals surface area (Å²) in [6, 6.07) is 9.48. The van der Waals surface area contributed by atoms with Crippen LogP contribution in [0.5, 0.6) is 0 Å². The largest absolute Gasteiger partial charge is 0.395 e. The molecule has 26 heavy (non-hydrogen) atoms. The van der Waals surface area contributed by atoms with Gasteiger partial charge >= 0.3 is 0 Å². The lowest BCUT2D eigenvalue weighted by atomic mass is 9.78. The Morgan fingerprint density at radius 1 is 1.19 bits per heavy atom. The Hall–Kier alpha value is -1.40. The van der Waals surface area contributed by atoms with E-state index in [1.807, 2.05) is 0 Å². The Morgan fingerprint density at radius 3 is 3.04 bits per heavy atom. The van der Waals surface area contributed by atoms with Gasteiger partial charge in [0, 0.05) is 30.7 Å². The summed E-state index contributed by atoms with van der Waals surface area (Å²) < 4.78 is 8.91. The highest BCUT2D eigenvalue weighted by Gasteiger charge is 2.45. The smallest absolute Gasteiger partial charge is 0.134 e. The molecule has 1 aromatic carbocycles. The molecule has 3 aliphatic rings. The van der Waals surface area contributed by atoms with Crippen LogP contribution in [-0.2, 0) is 11.2 Å². The molecule has 5 heteroatoms. The van der Waals surface area contributed by atoms with Crippen molar-refractivity contribution >= 4 is 10.9 Å². The number of hydrogen-bond donors (Lipinski definition) is 2. The minimum Gasteiger partial charge on any atom is -0.395 e. The molecule has 0 bridgehead atoms. The lowest BCUT2D eigenvalue weighted by Crippen LogP contribution is -2.47. The number of ether oxygens (including phenoxy) is 1. The quantitative estimate of drug-likeness (QED) is 0.782. The Labute approximate surface area is 154 Å². The van der Waals surface area contributed by atoms with Crippen molar-refractivity contribution in [3.63, 3.8) is 0 Å². The summed E-state index contributed by atoms with van der Waals surface area (Å²) in [5.74, 6) is 0.718. The van der Waals surface area contributed by atoms with Crippen LogP contribution in [0.1, 0.15) is 42.8 Å². The number of aromatic nitrogens is 1. The highest BCUT2D eigenvalue weighted by Crippen LogP contribution is 2.51. The monoisotopic (exact) mass is 355 g/mol. The Balaban J connectivity index is 1.52. The average Bonchev–Trinajstić information content (AvgIpc) is 3.02. The van der Waals surface area contributed by atoms with E-state index in [9.17, 15) is 0 Å². The van der Waals surface area contributed by atoms with E-state index in [1.54, 1.807) is 11.3 Å². The lowest BCUT2D eigenvalue weighted by Gasteiger charge is -2.49. The van der Waals surface area contributed by atoms with Crippen molar-refractivity contribution in [2.24, 2.45) is 5.92 Å². The molecular formula is C21H29N3O2. The molecule has 0 radical (unpaired) electrons. The van der Waals surface area contributed by atoms with Crippen molar-refractivity contribution in [3.05, 3.63) is 35.5 Å².